The van der Waals surface area contributed by atoms with E-state index in [1.165, 1.54) is 19.2 Å². The molecule has 0 saturated carbocycles. The lowest BCUT2D eigenvalue weighted by Crippen LogP contribution is -2.18. The number of rotatable bonds is 5. The Morgan fingerprint density at radius 3 is 2.38 bits per heavy atom. The quantitative estimate of drug-likeness (QED) is 0.848. The topological polar surface area (TPSA) is 108 Å². The summed E-state index contributed by atoms with van der Waals surface area (Å²) in [6, 6.07) is 11.6. The Kier molecular flexibility index (Phi) is 4.47. The van der Waals surface area contributed by atoms with Gasteiger partial charge < -0.3 is 5.32 Å². The Morgan fingerprint density at radius 1 is 1.14 bits per heavy atom. The minimum atomic E-state index is -3.41. The van der Waals surface area contributed by atoms with Crippen molar-refractivity contribution in [2.45, 2.75) is 11.4 Å². The average molecular weight is 303 g/mol. The fraction of sp³-hybridized carbons (Fsp3) is 0.154. The monoisotopic (exact) mass is 303 g/mol. The van der Waals surface area contributed by atoms with Crippen LogP contribution < -0.4 is 10.0 Å². The summed E-state index contributed by atoms with van der Waals surface area (Å²) in [4.78, 5) is 0.215. The van der Waals surface area contributed by atoms with Gasteiger partial charge in [0.25, 0.3) is 0 Å². The Bertz CT molecular complexity index is 749. The highest BCUT2D eigenvalue weighted by Gasteiger charge is 2.10. The van der Waals surface area contributed by atoms with Gasteiger partial charge in [0.05, 0.1) is 4.90 Å². The number of nitrogens with one attached hydrogen (secondary N) is 2. The molecule has 7 nitrogen and oxygen atoms in total. The second-order valence-corrected chi connectivity index (χ2v) is 6.01. The van der Waals surface area contributed by atoms with Crippen LogP contribution in [-0.2, 0) is 16.6 Å². The van der Waals surface area contributed by atoms with Crippen molar-refractivity contribution < 1.29 is 8.42 Å². The van der Waals surface area contributed by atoms with E-state index in [-0.39, 0.29) is 10.6 Å². The first-order chi connectivity index (χ1) is 10.0. The third-order valence-corrected chi connectivity index (χ3v) is 4.19. The number of benzene rings is 1. The molecule has 0 atom stereocenters. The van der Waals surface area contributed by atoms with E-state index >= 15 is 0 Å². The molecular weight excluding hydrogens is 290 g/mol. The molecule has 0 amide bonds. The Labute approximate surface area is 122 Å². The van der Waals surface area contributed by atoms with E-state index in [9.17, 15) is 8.42 Å². The van der Waals surface area contributed by atoms with Crippen LogP contribution in [0.4, 0.5) is 5.82 Å². The molecule has 0 unspecified atom stereocenters. The first kappa shape index (κ1) is 14.9. The molecule has 0 bridgehead atoms. The van der Waals surface area contributed by atoms with Crippen molar-refractivity contribution in [3.05, 3.63) is 47.7 Å². The highest BCUT2D eigenvalue weighted by molar-refractivity contribution is 7.89. The van der Waals surface area contributed by atoms with Crippen LogP contribution in [0.1, 0.15) is 11.3 Å². The maximum atomic E-state index is 11.6. The smallest absolute Gasteiger partial charge is 0.240 e. The standard InChI is InChI=1S/C13H13N5O2S/c1-15-21(19,20)12-5-2-10(3-6-12)9-16-13-7-4-11(8-14)17-18-13/h2-7,15H,9H2,1H3,(H,16,18). The second-order valence-electron chi connectivity index (χ2n) is 4.12. The van der Waals surface area contributed by atoms with Crippen molar-refractivity contribution in [3.63, 3.8) is 0 Å². The summed E-state index contributed by atoms with van der Waals surface area (Å²) < 4.78 is 25.4. The summed E-state index contributed by atoms with van der Waals surface area (Å²) >= 11 is 0. The molecule has 2 N–H and O–H groups in total. The molecule has 1 aromatic heterocycles. The van der Waals surface area contributed by atoms with Crippen LogP contribution in [0.2, 0.25) is 0 Å². The predicted molar refractivity (Wildman–Crippen MR) is 76.8 cm³/mol. The fourth-order valence-electron chi connectivity index (χ4n) is 1.58. The molecule has 108 valence electrons. The number of nitriles is 1. The van der Waals surface area contributed by atoms with Crippen molar-refractivity contribution in [3.8, 4) is 6.07 Å². The van der Waals surface area contributed by atoms with Crippen LogP contribution >= 0.6 is 0 Å². The SMILES string of the molecule is CNS(=O)(=O)c1ccc(CNc2ccc(C#N)nn2)cc1. The van der Waals surface area contributed by atoms with Crippen LogP contribution in [0.5, 0.6) is 0 Å². The van der Waals surface area contributed by atoms with E-state index in [0.717, 1.165) is 5.56 Å². The zero-order chi connectivity index (χ0) is 15.3. The molecule has 8 heteroatoms. The number of hydrogen-bond acceptors (Lipinski definition) is 6. The number of hydrogen-bond donors (Lipinski definition) is 2. The van der Waals surface area contributed by atoms with E-state index in [2.05, 4.69) is 20.2 Å². The normalized spacial score (nSPS) is 10.9. The molecule has 0 spiro atoms. The molecule has 21 heavy (non-hydrogen) atoms. The summed E-state index contributed by atoms with van der Waals surface area (Å²) in [5.41, 5.74) is 1.15. The summed E-state index contributed by atoms with van der Waals surface area (Å²) in [5, 5.41) is 19.2. The molecule has 0 aliphatic heterocycles. The number of sulfonamides is 1. The number of anilines is 1. The number of nitrogens with zero attached hydrogens (tertiary/aromatic N) is 3. The van der Waals surface area contributed by atoms with Gasteiger partial charge in [0, 0.05) is 6.54 Å². The molecule has 0 saturated heterocycles. The van der Waals surface area contributed by atoms with Gasteiger partial charge in [-0.3, -0.25) is 0 Å². The van der Waals surface area contributed by atoms with Gasteiger partial charge in [-0.2, -0.15) is 5.26 Å². The van der Waals surface area contributed by atoms with Gasteiger partial charge >= 0.3 is 0 Å². The lowest BCUT2D eigenvalue weighted by molar-refractivity contribution is 0.588. The molecule has 2 rings (SSSR count). The fourth-order valence-corrected chi connectivity index (χ4v) is 2.31. The first-order valence-corrected chi connectivity index (χ1v) is 7.53. The summed E-state index contributed by atoms with van der Waals surface area (Å²) in [5.74, 6) is 0.543. The highest BCUT2D eigenvalue weighted by Crippen LogP contribution is 2.11. The van der Waals surface area contributed by atoms with Gasteiger partial charge in [0.1, 0.15) is 11.9 Å². The third kappa shape index (κ3) is 3.75. The van der Waals surface area contributed by atoms with Crippen molar-refractivity contribution in [1.82, 2.24) is 14.9 Å². The van der Waals surface area contributed by atoms with Crippen LogP contribution in [0.15, 0.2) is 41.3 Å². The minimum absolute atomic E-state index is 0.215. The molecule has 0 aliphatic rings. The summed E-state index contributed by atoms with van der Waals surface area (Å²) in [6.07, 6.45) is 0. The molecular formula is C13H13N5O2S. The van der Waals surface area contributed by atoms with Crippen LogP contribution in [0, 0.1) is 11.3 Å². The van der Waals surface area contributed by atoms with Gasteiger partial charge in [0.2, 0.25) is 10.0 Å². The van der Waals surface area contributed by atoms with Gasteiger partial charge in [-0.05, 0) is 36.9 Å². The summed E-state index contributed by atoms with van der Waals surface area (Å²) in [6.45, 7) is 0.473. The lowest BCUT2D eigenvalue weighted by Gasteiger charge is -2.06. The maximum Gasteiger partial charge on any atom is 0.240 e. The second kappa shape index (κ2) is 6.30. The Balaban J connectivity index is 2.02. The minimum Gasteiger partial charge on any atom is -0.365 e. The molecule has 2 aromatic rings. The van der Waals surface area contributed by atoms with E-state index < -0.39 is 10.0 Å². The van der Waals surface area contributed by atoms with E-state index in [1.807, 2.05) is 6.07 Å². The molecule has 1 aromatic carbocycles. The van der Waals surface area contributed by atoms with Crippen LogP contribution in [0.25, 0.3) is 0 Å². The van der Waals surface area contributed by atoms with Crippen LogP contribution in [-0.4, -0.2) is 25.7 Å². The zero-order valence-corrected chi connectivity index (χ0v) is 12.1. The van der Waals surface area contributed by atoms with Crippen molar-refractivity contribution in [2.75, 3.05) is 12.4 Å². The van der Waals surface area contributed by atoms with E-state index in [0.29, 0.717) is 12.4 Å². The van der Waals surface area contributed by atoms with Gasteiger partial charge in [-0.15, -0.1) is 10.2 Å². The van der Waals surface area contributed by atoms with Crippen molar-refractivity contribution in [1.29, 1.82) is 5.26 Å². The van der Waals surface area contributed by atoms with E-state index in [4.69, 9.17) is 5.26 Å². The Morgan fingerprint density at radius 2 is 1.86 bits per heavy atom. The van der Waals surface area contributed by atoms with Crippen molar-refractivity contribution in [2.24, 2.45) is 0 Å². The van der Waals surface area contributed by atoms with Gasteiger partial charge in [-0.1, -0.05) is 12.1 Å². The predicted octanol–water partition coefficient (Wildman–Crippen LogP) is 0.868. The third-order valence-electron chi connectivity index (χ3n) is 2.76. The molecule has 1 heterocycles. The summed E-state index contributed by atoms with van der Waals surface area (Å²) in [7, 11) is -2.04. The van der Waals surface area contributed by atoms with Gasteiger partial charge in [0.15, 0.2) is 5.69 Å². The van der Waals surface area contributed by atoms with Gasteiger partial charge in [-0.25, -0.2) is 13.1 Å². The maximum absolute atomic E-state index is 11.6. The largest absolute Gasteiger partial charge is 0.365 e. The highest BCUT2D eigenvalue weighted by atomic mass is 32.2. The zero-order valence-electron chi connectivity index (χ0n) is 11.2. The first-order valence-electron chi connectivity index (χ1n) is 6.05. The molecule has 0 radical (unpaired) electrons. The average Bonchev–Trinajstić information content (AvgIpc) is 2.54. The molecule has 0 fully saturated rings. The lowest BCUT2D eigenvalue weighted by atomic mass is 10.2. The van der Waals surface area contributed by atoms with Crippen molar-refractivity contribution >= 4 is 15.8 Å². The van der Waals surface area contributed by atoms with E-state index in [1.54, 1.807) is 24.3 Å². The number of aromatic nitrogens is 2. The van der Waals surface area contributed by atoms with Crippen LogP contribution in [0.3, 0.4) is 0 Å². The molecule has 0 aliphatic carbocycles. The Hall–Kier alpha value is -2.50.